The molecule has 0 aliphatic carbocycles. The Hall–Kier alpha value is -0.620. The molecule has 0 aromatic carbocycles. The monoisotopic (exact) mass is 301 g/mol. The highest BCUT2D eigenvalue weighted by atomic mass is 79.9. The minimum Gasteiger partial charge on any atom is -0.293 e. The van der Waals surface area contributed by atoms with E-state index >= 15 is 0 Å². The first-order chi connectivity index (χ1) is 6.86. The normalized spacial score (nSPS) is 11.5. The van der Waals surface area contributed by atoms with Crippen LogP contribution in [0.15, 0.2) is 12.1 Å². The molecule has 0 atom stereocenters. The molecule has 0 aliphatic heterocycles. The topological polar surface area (TPSA) is 30.0 Å². The van der Waals surface area contributed by atoms with Crippen LogP contribution in [-0.2, 0) is 6.18 Å². The fourth-order valence-corrected chi connectivity index (χ4v) is 1.43. The second kappa shape index (κ2) is 4.49. The summed E-state index contributed by atoms with van der Waals surface area (Å²) >= 11 is 8.34. The van der Waals surface area contributed by atoms with Gasteiger partial charge in [0.05, 0.1) is 10.9 Å². The lowest BCUT2D eigenvalue weighted by Crippen LogP contribution is -2.10. The van der Waals surface area contributed by atoms with E-state index in [4.69, 9.17) is 11.6 Å². The number of pyridine rings is 1. The predicted octanol–water partition coefficient (Wildman–Crippen LogP) is 3.33. The molecule has 0 bridgehead atoms. The molecule has 0 fully saturated rings. The van der Waals surface area contributed by atoms with Crippen molar-refractivity contribution in [2.45, 2.75) is 6.18 Å². The third-order valence-electron chi connectivity index (χ3n) is 1.56. The van der Waals surface area contributed by atoms with Crippen molar-refractivity contribution in [2.75, 3.05) is 5.33 Å². The number of nitrogens with zero attached hydrogens (tertiary/aromatic N) is 1. The first-order valence-corrected chi connectivity index (χ1v) is 5.19. The standard InChI is InChI=1S/C8H4BrClF3NO/c9-3-5(15)4-1-2-6(8(11,12)13)14-7(4)10/h1-2H,3H2. The molecule has 0 spiro atoms. The molecular weight excluding hydrogens is 298 g/mol. The first kappa shape index (κ1) is 12.4. The molecule has 0 radical (unpaired) electrons. The maximum absolute atomic E-state index is 12.2. The first-order valence-electron chi connectivity index (χ1n) is 3.69. The van der Waals surface area contributed by atoms with E-state index in [0.29, 0.717) is 0 Å². The SMILES string of the molecule is O=C(CBr)c1ccc(C(F)(F)F)nc1Cl. The molecule has 0 saturated carbocycles. The van der Waals surface area contributed by atoms with Crippen LogP contribution in [0.5, 0.6) is 0 Å². The van der Waals surface area contributed by atoms with E-state index in [9.17, 15) is 18.0 Å². The van der Waals surface area contributed by atoms with Crippen LogP contribution < -0.4 is 0 Å². The Bertz CT molecular complexity index is 394. The lowest BCUT2D eigenvalue weighted by molar-refractivity contribution is -0.141. The van der Waals surface area contributed by atoms with Gasteiger partial charge in [-0.3, -0.25) is 4.79 Å². The molecule has 7 heteroatoms. The van der Waals surface area contributed by atoms with Crippen LogP contribution in [0.2, 0.25) is 5.15 Å². The number of carbonyl (C=O) groups is 1. The lowest BCUT2D eigenvalue weighted by Gasteiger charge is -2.07. The summed E-state index contributed by atoms with van der Waals surface area (Å²) in [6, 6.07) is 1.74. The van der Waals surface area contributed by atoms with E-state index in [1.54, 1.807) is 0 Å². The smallest absolute Gasteiger partial charge is 0.293 e. The predicted molar refractivity (Wildman–Crippen MR) is 52.4 cm³/mol. The molecule has 0 amide bonds. The van der Waals surface area contributed by atoms with E-state index < -0.39 is 22.8 Å². The van der Waals surface area contributed by atoms with E-state index in [0.717, 1.165) is 12.1 Å². The fraction of sp³-hybridized carbons (Fsp3) is 0.250. The average Bonchev–Trinajstić information content (AvgIpc) is 2.15. The molecule has 1 rings (SSSR count). The molecule has 0 saturated heterocycles. The second-order valence-electron chi connectivity index (χ2n) is 2.59. The summed E-state index contributed by atoms with van der Waals surface area (Å²) in [6.45, 7) is 0. The third kappa shape index (κ3) is 2.92. The van der Waals surface area contributed by atoms with Crippen molar-refractivity contribution >= 4 is 33.3 Å². The molecule has 0 unspecified atom stereocenters. The zero-order valence-electron chi connectivity index (χ0n) is 7.11. The van der Waals surface area contributed by atoms with Gasteiger partial charge in [-0.05, 0) is 12.1 Å². The number of alkyl halides is 4. The van der Waals surface area contributed by atoms with Gasteiger partial charge in [-0.25, -0.2) is 4.98 Å². The van der Waals surface area contributed by atoms with Crippen LogP contribution in [0.4, 0.5) is 13.2 Å². The fourth-order valence-electron chi connectivity index (χ4n) is 0.872. The van der Waals surface area contributed by atoms with E-state index in [1.807, 2.05) is 0 Å². The number of Topliss-reactive ketones (excluding diaryl/α,β-unsaturated/α-hetero) is 1. The van der Waals surface area contributed by atoms with Gasteiger partial charge in [0, 0.05) is 0 Å². The van der Waals surface area contributed by atoms with Crippen molar-refractivity contribution in [3.8, 4) is 0 Å². The minimum absolute atomic E-state index is 0.0141. The van der Waals surface area contributed by atoms with Crippen molar-refractivity contribution < 1.29 is 18.0 Å². The molecule has 0 N–H and O–H groups in total. The van der Waals surface area contributed by atoms with Crippen molar-refractivity contribution in [3.05, 3.63) is 28.5 Å². The summed E-state index contributed by atoms with van der Waals surface area (Å²) in [5, 5.41) is -0.450. The summed E-state index contributed by atoms with van der Waals surface area (Å²) in [6.07, 6.45) is -4.56. The summed E-state index contributed by atoms with van der Waals surface area (Å²) < 4.78 is 36.5. The summed E-state index contributed by atoms with van der Waals surface area (Å²) in [5.74, 6) is -0.416. The summed E-state index contributed by atoms with van der Waals surface area (Å²) in [5.41, 5.74) is -1.14. The highest BCUT2D eigenvalue weighted by Gasteiger charge is 2.33. The molecule has 0 aliphatic rings. The highest BCUT2D eigenvalue weighted by Crippen LogP contribution is 2.29. The Kier molecular flexibility index (Phi) is 3.72. The van der Waals surface area contributed by atoms with Crippen LogP contribution in [0, 0.1) is 0 Å². The van der Waals surface area contributed by atoms with Crippen LogP contribution >= 0.6 is 27.5 Å². The van der Waals surface area contributed by atoms with Gasteiger partial charge in [0.15, 0.2) is 5.78 Å². The van der Waals surface area contributed by atoms with Gasteiger partial charge in [0.2, 0.25) is 0 Å². The zero-order valence-corrected chi connectivity index (χ0v) is 9.45. The maximum Gasteiger partial charge on any atom is 0.433 e. The zero-order chi connectivity index (χ0) is 11.6. The lowest BCUT2D eigenvalue weighted by atomic mass is 10.2. The van der Waals surface area contributed by atoms with Gasteiger partial charge in [-0.15, -0.1) is 0 Å². The molecule has 1 heterocycles. The molecular formula is C8H4BrClF3NO. The number of halogens is 5. The highest BCUT2D eigenvalue weighted by molar-refractivity contribution is 9.09. The maximum atomic E-state index is 12.2. The molecule has 1 aromatic rings. The Morgan fingerprint density at radius 1 is 1.47 bits per heavy atom. The van der Waals surface area contributed by atoms with Crippen molar-refractivity contribution in [3.63, 3.8) is 0 Å². The van der Waals surface area contributed by atoms with Gasteiger partial charge < -0.3 is 0 Å². The van der Waals surface area contributed by atoms with E-state index in [-0.39, 0.29) is 10.9 Å². The Balaban J connectivity index is 3.15. The van der Waals surface area contributed by atoms with Crippen LogP contribution in [0.3, 0.4) is 0 Å². The Labute approximate surface area is 96.6 Å². The molecule has 1 aromatic heterocycles. The number of rotatable bonds is 2. The molecule has 2 nitrogen and oxygen atoms in total. The van der Waals surface area contributed by atoms with E-state index in [1.165, 1.54) is 0 Å². The van der Waals surface area contributed by atoms with Crippen molar-refractivity contribution in [2.24, 2.45) is 0 Å². The Morgan fingerprint density at radius 3 is 2.47 bits per heavy atom. The third-order valence-corrected chi connectivity index (χ3v) is 2.36. The van der Waals surface area contributed by atoms with E-state index in [2.05, 4.69) is 20.9 Å². The molecule has 15 heavy (non-hydrogen) atoms. The number of hydrogen-bond acceptors (Lipinski definition) is 2. The number of aromatic nitrogens is 1. The number of hydrogen-bond donors (Lipinski definition) is 0. The van der Waals surface area contributed by atoms with Crippen LogP contribution in [-0.4, -0.2) is 16.1 Å². The quantitative estimate of drug-likeness (QED) is 0.476. The van der Waals surface area contributed by atoms with Gasteiger partial charge in [-0.1, -0.05) is 27.5 Å². The van der Waals surface area contributed by atoms with Crippen LogP contribution in [0.1, 0.15) is 16.1 Å². The minimum atomic E-state index is -4.56. The van der Waals surface area contributed by atoms with Crippen molar-refractivity contribution in [1.29, 1.82) is 0 Å². The second-order valence-corrected chi connectivity index (χ2v) is 3.51. The Morgan fingerprint density at radius 2 is 2.07 bits per heavy atom. The van der Waals surface area contributed by atoms with Gasteiger partial charge in [0.25, 0.3) is 0 Å². The van der Waals surface area contributed by atoms with Gasteiger partial charge in [0.1, 0.15) is 10.8 Å². The summed E-state index contributed by atoms with van der Waals surface area (Å²) in [4.78, 5) is 14.3. The van der Waals surface area contributed by atoms with Gasteiger partial charge in [-0.2, -0.15) is 13.2 Å². The largest absolute Gasteiger partial charge is 0.433 e. The number of ketones is 1. The van der Waals surface area contributed by atoms with Crippen LogP contribution in [0.25, 0.3) is 0 Å². The van der Waals surface area contributed by atoms with Gasteiger partial charge >= 0.3 is 6.18 Å². The number of carbonyl (C=O) groups excluding carboxylic acids is 1. The molecule has 82 valence electrons. The van der Waals surface area contributed by atoms with Crippen molar-refractivity contribution in [1.82, 2.24) is 4.98 Å². The average molecular weight is 302 g/mol. The summed E-state index contributed by atoms with van der Waals surface area (Å²) in [7, 11) is 0.